The zero-order valence-electron chi connectivity index (χ0n) is 16.8. The number of carbonyl (C=O) groups excluding carboxylic acids is 2. The first-order valence-corrected chi connectivity index (χ1v) is 10.8. The summed E-state index contributed by atoms with van der Waals surface area (Å²) < 4.78 is 5.60. The van der Waals surface area contributed by atoms with Gasteiger partial charge >= 0.3 is 5.91 Å². The molecule has 2 amide bonds. The maximum absolute atomic E-state index is 12.7. The van der Waals surface area contributed by atoms with Crippen LogP contribution in [-0.4, -0.2) is 40.9 Å². The van der Waals surface area contributed by atoms with E-state index in [9.17, 15) is 9.59 Å². The van der Waals surface area contributed by atoms with Gasteiger partial charge in [0, 0.05) is 39.9 Å². The molecule has 0 spiro atoms. The molecule has 2 aromatic carbocycles. The van der Waals surface area contributed by atoms with Gasteiger partial charge in [-0.05, 0) is 55.0 Å². The quantitative estimate of drug-likeness (QED) is 0.462. The van der Waals surface area contributed by atoms with Crippen molar-refractivity contribution in [2.24, 2.45) is 0 Å². The molecule has 3 heterocycles. The second kappa shape index (κ2) is 8.43. The summed E-state index contributed by atoms with van der Waals surface area (Å²) in [5, 5.41) is 7.58. The van der Waals surface area contributed by atoms with E-state index in [1.165, 1.54) is 0 Å². The number of nitrogens with one attached hydrogen (secondary N) is 2. The SMILES string of the molecule is O=C(NC1CCN(NC(=O)c2cc3cc(Cl)ccc3o2)C1)c1ccc2cc(Cl)ccc2n1. The molecule has 1 aliphatic heterocycles. The van der Waals surface area contributed by atoms with Gasteiger partial charge in [-0.15, -0.1) is 0 Å². The summed E-state index contributed by atoms with van der Waals surface area (Å²) in [6.45, 7) is 1.08. The molecule has 1 saturated heterocycles. The molecule has 1 aliphatic rings. The summed E-state index contributed by atoms with van der Waals surface area (Å²) in [7, 11) is 0. The Morgan fingerprint density at radius 2 is 1.75 bits per heavy atom. The highest BCUT2D eigenvalue weighted by Crippen LogP contribution is 2.23. The molecule has 5 rings (SSSR count). The van der Waals surface area contributed by atoms with Gasteiger partial charge < -0.3 is 9.73 Å². The Kier molecular flexibility index (Phi) is 5.46. The van der Waals surface area contributed by atoms with Gasteiger partial charge in [-0.1, -0.05) is 29.3 Å². The number of nitrogens with zero attached hydrogens (tertiary/aromatic N) is 2. The van der Waals surface area contributed by atoms with Crippen molar-refractivity contribution in [3.63, 3.8) is 0 Å². The van der Waals surface area contributed by atoms with E-state index in [4.69, 9.17) is 27.6 Å². The minimum atomic E-state index is -0.348. The monoisotopic (exact) mass is 468 g/mol. The normalized spacial score (nSPS) is 16.5. The van der Waals surface area contributed by atoms with E-state index in [0.717, 1.165) is 10.8 Å². The van der Waals surface area contributed by atoms with Gasteiger partial charge in [-0.25, -0.2) is 9.99 Å². The van der Waals surface area contributed by atoms with E-state index in [2.05, 4.69) is 15.7 Å². The number of hydrazine groups is 1. The van der Waals surface area contributed by atoms with Crippen molar-refractivity contribution >= 4 is 56.9 Å². The Morgan fingerprint density at radius 1 is 0.969 bits per heavy atom. The maximum Gasteiger partial charge on any atom is 0.301 e. The Morgan fingerprint density at radius 3 is 2.59 bits per heavy atom. The lowest BCUT2D eigenvalue weighted by atomic mass is 10.2. The maximum atomic E-state index is 12.7. The molecule has 4 aromatic rings. The fourth-order valence-corrected chi connectivity index (χ4v) is 4.15. The molecule has 32 heavy (non-hydrogen) atoms. The summed E-state index contributed by atoms with van der Waals surface area (Å²) in [4.78, 5) is 29.6. The summed E-state index contributed by atoms with van der Waals surface area (Å²) in [6, 6.07) is 15.6. The van der Waals surface area contributed by atoms with Crippen LogP contribution in [0.3, 0.4) is 0 Å². The molecule has 1 fully saturated rings. The van der Waals surface area contributed by atoms with Gasteiger partial charge in [-0.2, -0.15) is 0 Å². The molecule has 0 radical (unpaired) electrons. The van der Waals surface area contributed by atoms with Crippen molar-refractivity contribution in [3.05, 3.63) is 76.1 Å². The Balaban J connectivity index is 1.20. The van der Waals surface area contributed by atoms with E-state index in [1.807, 2.05) is 6.07 Å². The van der Waals surface area contributed by atoms with Gasteiger partial charge in [0.1, 0.15) is 11.3 Å². The highest BCUT2D eigenvalue weighted by atomic mass is 35.5. The molecule has 0 bridgehead atoms. The number of furan rings is 1. The van der Waals surface area contributed by atoms with Crippen LogP contribution in [-0.2, 0) is 0 Å². The van der Waals surface area contributed by atoms with Crippen LogP contribution in [0.4, 0.5) is 0 Å². The number of amides is 2. The standard InChI is InChI=1S/C23H18Cl2N4O3/c24-15-2-5-18-13(9-15)1-4-19(27-18)22(30)26-17-7-8-29(12-17)28-23(31)21-11-14-10-16(25)3-6-20(14)32-21/h1-6,9-11,17H,7-8,12H2,(H,26,30)(H,28,31). The third-order valence-corrected chi connectivity index (χ3v) is 5.84. The number of fused-ring (bicyclic) bond motifs is 2. The molecule has 0 aliphatic carbocycles. The van der Waals surface area contributed by atoms with Crippen LogP contribution in [0.5, 0.6) is 0 Å². The Hall–Kier alpha value is -3.13. The van der Waals surface area contributed by atoms with E-state index in [-0.39, 0.29) is 23.6 Å². The van der Waals surface area contributed by atoms with Crippen LogP contribution in [0.25, 0.3) is 21.9 Å². The highest BCUT2D eigenvalue weighted by molar-refractivity contribution is 6.31. The van der Waals surface area contributed by atoms with Gasteiger partial charge in [-0.3, -0.25) is 15.0 Å². The van der Waals surface area contributed by atoms with Crippen LogP contribution in [0.1, 0.15) is 27.5 Å². The van der Waals surface area contributed by atoms with Crippen LogP contribution < -0.4 is 10.7 Å². The fraction of sp³-hybridized carbons (Fsp3) is 0.174. The second-order valence-electron chi connectivity index (χ2n) is 7.67. The lowest BCUT2D eigenvalue weighted by molar-refractivity contribution is 0.0794. The lowest BCUT2D eigenvalue weighted by Crippen LogP contribution is -2.43. The number of pyridine rings is 1. The van der Waals surface area contributed by atoms with Crippen molar-refractivity contribution < 1.29 is 14.0 Å². The molecule has 1 unspecified atom stereocenters. The van der Waals surface area contributed by atoms with E-state index in [0.29, 0.717) is 46.3 Å². The summed E-state index contributed by atoms with van der Waals surface area (Å²) in [5.41, 5.74) is 4.46. The van der Waals surface area contributed by atoms with Gasteiger partial charge in [0.25, 0.3) is 5.91 Å². The van der Waals surface area contributed by atoms with E-state index >= 15 is 0 Å². The minimum absolute atomic E-state index is 0.111. The number of aromatic nitrogens is 1. The molecule has 2 N–H and O–H groups in total. The first-order valence-electron chi connectivity index (χ1n) is 10.1. The molecule has 9 heteroatoms. The van der Waals surface area contributed by atoms with Crippen LogP contribution in [0, 0.1) is 0 Å². The fourth-order valence-electron chi connectivity index (χ4n) is 3.79. The lowest BCUT2D eigenvalue weighted by Gasteiger charge is -2.17. The predicted molar refractivity (Wildman–Crippen MR) is 123 cm³/mol. The van der Waals surface area contributed by atoms with Crippen molar-refractivity contribution in [1.29, 1.82) is 0 Å². The van der Waals surface area contributed by atoms with Gasteiger partial charge in [0.15, 0.2) is 5.76 Å². The van der Waals surface area contributed by atoms with E-state index < -0.39 is 0 Å². The zero-order chi connectivity index (χ0) is 22.2. The molecule has 1 atom stereocenters. The van der Waals surface area contributed by atoms with Crippen LogP contribution in [0.2, 0.25) is 10.0 Å². The smallest absolute Gasteiger partial charge is 0.301 e. The van der Waals surface area contributed by atoms with Crippen molar-refractivity contribution in [2.45, 2.75) is 12.5 Å². The number of benzene rings is 2. The van der Waals surface area contributed by atoms with Gasteiger partial charge in [0.2, 0.25) is 0 Å². The predicted octanol–water partition coefficient (Wildman–Crippen LogP) is 4.44. The molecule has 162 valence electrons. The topological polar surface area (TPSA) is 87.5 Å². The highest BCUT2D eigenvalue weighted by Gasteiger charge is 2.27. The first kappa shape index (κ1) is 20.8. The zero-order valence-corrected chi connectivity index (χ0v) is 18.3. The third kappa shape index (κ3) is 4.27. The number of hydrogen-bond acceptors (Lipinski definition) is 5. The number of rotatable bonds is 4. The van der Waals surface area contributed by atoms with Crippen LogP contribution in [0.15, 0.2) is 59.0 Å². The first-order chi connectivity index (χ1) is 15.4. The summed E-state index contributed by atoms with van der Waals surface area (Å²) in [5.74, 6) is -0.399. The van der Waals surface area contributed by atoms with Crippen molar-refractivity contribution in [2.75, 3.05) is 13.1 Å². The number of halogens is 2. The molecular weight excluding hydrogens is 451 g/mol. The largest absolute Gasteiger partial charge is 0.451 e. The molecular formula is C23H18Cl2N4O3. The van der Waals surface area contributed by atoms with Crippen molar-refractivity contribution in [3.8, 4) is 0 Å². The second-order valence-corrected chi connectivity index (χ2v) is 8.55. The van der Waals surface area contributed by atoms with E-state index in [1.54, 1.807) is 53.5 Å². The molecule has 0 saturated carbocycles. The average Bonchev–Trinajstić information content (AvgIpc) is 3.39. The summed E-state index contributed by atoms with van der Waals surface area (Å²) in [6.07, 6.45) is 0.699. The molecule has 7 nitrogen and oxygen atoms in total. The summed E-state index contributed by atoms with van der Waals surface area (Å²) >= 11 is 12.0. The minimum Gasteiger partial charge on any atom is -0.451 e. The Bertz CT molecular complexity index is 1350. The Labute approximate surface area is 193 Å². The molecule has 2 aromatic heterocycles. The average molecular weight is 469 g/mol. The number of hydrogen-bond donors (Lipinski definition) is 2. The number of carbonyl (C=O) groups is 2. The van der Waals surface area contributed by atoms with Crippen molar-refractivity contribution in [1.82, 2.24) is 20.7 Å². The van der Waals surface area contributed by atoms with Gasteiger partial charge in [0.05, 0.1) is 5.52 Å². The third-order valence-electron chi connectivity index (χ3n) is 5.37. The van der Waals surface area contributed by atoms with Crippen LogP contribution >= 0.6 is 23.2 Å².